The van der Waals surface area contributed by atoms with Crippen molar-refractivity contribution in [1.29, 1.82) is 0 Å². The van der Waals surface area contributed by atoms with Crippen molar-refractivity contribution >= 4 is 29.2 Å². The molecule has 1 aromatic heterocycles. The summed E-state index contributed by atoms with van der Waals surface area (Å²) >= 11 is 1.61. The van der Waals surface area contributed by atoms with Crippen molar-refractivity contribution in [3.63, 3.8) is 0 Å². The molecule has 0 radical (unpaired) electrons. The SMILES string of the molecule is CNc1cc(C(=O)N(C)CCSC)c([N+](=O)[O-])cn1. The lowest BCUT2D eigenvalue weighted by Gasteiger charge is -2.16. The van der Waals surface area contributed by atoms with E-state index in [9.17, 15) is 14.9 Å². The lowest BCUT2D eigenvalue weighted by molar-refractivity contribution is -0.385. The highest BCUT2D eigenvalue weighted by Crippen LogP contribution is 2.21. The van der Waals surface area contributed by atoms with Gasteiger partial charge in [-0.05, 0) is 6.26 Å². The van der Waals surface area contributed by atoms with E-state index in [0.29, 0.717) is 12.4 Å². The van der Waals surface area contributed by atoms with Crippen molar-refractivity contribution in [1.82, 2.24) is 9.88 Å². The van der Waals surface area contributed by atoms with Gasteiger partial charge in [-0.3, -0.25) is 14.9 Å². The van der Waals surface area contributed by atoms with Crippen LogP contribution in [0.15, 0.2) is 12.3 Å². The molecule has 0 bridgehead atoms. The van der Waals surface area contributed by atoms with Crippen LogP contribution < -0.4 is 5.32 Å². The second-order valence-corrected chi connectivity index (χ2v) is 4.80. The largest absolute Gasteiger partial charge is 0.373 e. The van der Waals surface area contributed by atoms with Crippen molar-refractivity contribution in [2.24, 2.45) is 0 Å². The average molecular weight is 284 g/mol. The van der Waals surface area contributed by atoms with E-state index in [1.807, 2.05) is 6.26 Å². The molecular weight excluding hydrogens is 268 g/mol. The maximum absolute atomic E-state index is 12.2. The van der Waals surface area contributed by atoms with E-state index in [-0.39, 0.29) is 17.2 Å². The molecule has 0 aromatic carbocycles. The number of rotatable bonds is 6. The van der Waals surface area contributed by atoms with Gasteiger partial charge < -0.3 is 10.2 Å². The van der Waals surface area contributed by atoms with Crippen LogP contribution in [0.3, 0.4) is 0 Å². The fourth-order valence-corrected chi connectivity index (χ4v) is 1.89. The minimum absolute atomic E-state index is 0.0490. The summed E-state index contributed by atoms with van der Waals surface area (Å²) in [6.07, 6.45) is 3.04. The van der Waals surface area contributed by atoms with Crippen molar-refractivity contribution in [2.75, 3.05) is 38.0 Å². The van der Waals surface area contributed by atoms with E-state index in [4.69, 9.17) is 0 Å². The lowest BCUT2D eigenvalue weighted by atomic mass is 10.2. The highest BCUT2D eigenvalue weighted by Gasteiger charge is 2.23. The molecule has 104 valence electrons. The average Bonchev–Trinajstić information content (AvgIpc) is 2.42. The Labute approximate surface area is 115 Å². The molecule has 0 unspecified atom stereocenters. The van der Waals surface area contributed by atoms with Gasteiger partial charge in [-0.25, -0.2) is 4.98 Å². The normalized spacial score (nSPS) is 10.1. The predicted molar refractivity (Wildman–Crippen MR) is 75.8 cm³/mol. The van der Waals surface area contributed by atoms with Crippen molar-refractivity contribution in [3.05, 3.63) is 27.9 Å². The van der Waals surface area contributed by atoms with Crippen LogP contribution in [-0.4, -0.2) is 53.4 Å². The number of anilines is 1. The molecule has 1 N–H and O–H groups in total. The molecular formula is C11H16N4O3S. The minimum atomic E-state index is -0.595. The summed E-state index contributed by atoms with van der Waals surface area (Å²) in [4.78, 5) is 27.9. The zero-order valence-electron chi connectivity index (χ0n) is 11.0. The first-order chi connectivity index (χ1) is 9.01. The van der Waals surface area contributed by atoms with Gasteiger partial charge in [0.15, 0.2) is 0 Å². The Kier molecular flexibility index (Phi) is 5.56. The first kappa shape index (κ1) is 15.2. The molecule has 0 spiro atoms. The Morgan fingerprint density at radius 2 is 2.32 bits per heavy atom. The molecule has 0 aliphatic heterocycles. The van der Waals surface area contributed by atoms with Crippen LogP contribution in [-0.2, 0) is 0 Å². The van der Waals surface area contributed by atoms with Crippen LogP contribution in [0.2, 0.25) is 0 Å². The second kappa shape index (κ2) is 6.93. The standard InChI is InChI=1S/C11H16N4O3S/c1-12-10-6-8(9(7-13-10)15(17)18)11(16)14(2)4-5-19-3/h6-7H,4-5H2,1-3H3,(H,12,13). The summed E-state index contributed by atoms with van der Waals surface area (Å²) in [5.74, 6) is 0.826. The van der Waals surface area contributed by atoms with Crippen LogP contribution in [0.1, 0.15) is 10.4 Å². The Morgan fingerprint density at radius 1 is 1.63 bits per heavy atom. The van der Waals surface area contributed by atoms with E-state index in [0.717, 1.165) is 11.9 Å². The van der Waals surface area contributed by atoms with Crippen molar-refractivity contribution in [2.45, 2.75) is 0 Å². The number of aromatic nitrogens is 1. The number of hydrogen-bond donors (Lipinski definition) is 1. The molecule has 1 rings (SSSR count). The number of pyridine rings is 1. The van der Waals surface area contributed by atoms with E-state index < -0.39 is 4.92 Å². The third-order valence-corrected chi connectivity index (χ3v) is 3.13. The second-order valence-electron chi connectivity index (χ2n) is 3.81. The first-order valence-electron chi connectivity index (χ1n) is 5.57. The van der Waals surface area contributed by atoms with Crippen LogP contribution >= 0.6 is 11.8 Å². The number of amides is 1. The number of carbonyl (C=O) groups excluding carboxylic acids is 1. The highest BCUT2D eigenvalue weighted by atomic mass is 32.2. The molecule has 0 fully saturated rings. The molecule has 1 aromatic rings. The third kappa shape index (κ3) is 3.82. The number of nitro groups is 1. The molecule has 19 heavy (non-hydrogen) atoms. The summed E-state index contributed by atoms with van der Waals surface area (Å²) in [7, 11) is 3.27. The number of thioether (sulfide) groups is 1. The fourth-order valence-electron chi connectivity index (χ4n) is 1.44. The predicted octanol–water partition coefficient (Wildman–Crippen LogP) is 1.47. The molecule has 8 heteroatoms. The number of nitrogens with one attached hydrogen (secondary N) is 1. The quantitative estimate of drug-likeness (QED) is 0.628. The van der Waals surface area contributed by atoms with Gasteiger partial charge in [0.25, 0.3) is 11.6 Å². The maximum atomic E-state index is 12.2. The summed E-state index contributed by atoms with van der Waals surface area (Å²) in [6, 6.07) is 1.40. The topological polar surface area (TPSA) is 88.4 Å². The lowest BCUT2D eigenvalue weighted by Crippen LogP contribution is -2.29. The molecule has 0 aliphatic carbocycles. The van der Waals surface area contributed by atoms with Gasteiger partial charge in [0.2, 0.25) is 0 Å². The van der Waals surface area contributed by atoms with Gasteiger partial charge in [0.1, 0.15) is 17.6 Å². The van der Waals surface area contributed by atoms with E-state index in [1.165, 1.54) is 11.0 Å². The van der Waals surface area contributed by atoms with Gasteiger partial charge >= 0.3 is 0 Å². The Morgan fingerprint density at radius 3 is 2.84 bits per heavy atom. The summed E-state index contributed by atoms with van der Waals surface area (Å²) < 4.78 is 0. The summed E-state index contributed by atoms with van der Waals surface area (Å²) in [5, 5.41) is 13.7. The summed E-state index contributed by atoms with van der Waals surface area (Å²) in [5.41, 5.74) is -0.229. The van der Waals surface area contributed by atoms with Gasteiger partial charge in [-0.15, -0.1) is 0 Å². The first-order valence-corrected chi connectivity index (χ1v) is 6.97. The maximum Gasteiger partial charge on any atom is 0.300 e. The monoisotopic (exact) mass is 284 g/mol. The van der Waals surface area contributed by atoms with Gasteiger partial charge in [-0.2, -0.15) is 11.8 Å². The van der Waals surface area contributed by atoms with E-state index >= 15 is 0 Å². The van der Waals surface area contributed by atoms with Gasteiger partial charge in [0.05, 0.1) is 4.92 Å². The molecule has 1 amide bonds. The third-order valence-electron chi connectivity index (χ3n) is 2.54. The molecule has 0 aliphatic rings. The van der Waals surface area contributed by atoms with Crippen molar-refractivity contribution in [3.8, 4) is 0 Å². The molecule has 1 heterocycles. The number of hydrogen-bond acceptors (Lipinski definition) is 6. The van der Waals surface area contributed by atoms with E-state index in [1.54, 1.807) is 25.9 Å². The Balaban J connectivity index is 3.08. The highest BCUT2D eigenvalue weighted by molar-refractivity contribution is 7.98. The minimum Gasteiger partial charge on any atom is -0.373 e. The zero-order valence-corrected chi connectivity index (χ0v) is 11.9. The molecule has 7 nitrogen and oxygen atoms in total. The smallest absolute Gasteiger partial charge is 0.300 e. The summed E-state index contributed by atoms with van der Waals surface area (Å²) in [6.45, 7) is 0.536. The zero-order chi connectivity index (χ0) is 14.4. The van der Waals surface area contributed by atoms with Gasteiger partial charge in [0, 0.05) is 32.5 Å². The van der Waals surface area contributed by atoms with Crippen LogP contribution in [0.5, 0.6) is 0 Å². The number of carbonyl (C=O) groups is 1. The van der Waals surface area contributed by atoms with Crippen molar-refractivity contribution < 1.29 is 9.72 Å². The van der Waals surface area contributed by atoms with Crippen LogP contribution in [0.4, 0.5) is 11.5 Å². The fraction of sp³-hybridized carbons (Fsp3) is 0.455. The molecule has 0 atom stereocenters. The number of nitrogens with zero attached hydrogens (tertiary/aromatic N) is 3. The van der Waals surface area contributed by atoms with Crippen LogP contribution in [0, 0.1) is 10.1 Å². The van der Waals surface area contributed by atoms with Gasteiger partial charge in [-0.1, -0.05) is 0 Å². The Hall–Kier alpha value is -1.83. The van der Waals surface area contributed by atoms with E-state index in [2.05, 4.69) is 10.3 Å². The Bertz CT molecular complexity index is 481. The molecule has 0 saturated heterocycles. The molecule has 0 saturated carbocycles. The van der Waals surface area contributed by atoms with Crippen LogP contribution in [0.25, 0.3) is 0 Å².